The fraction of sp³-hybridized carbons (Fsp3) is 0.643. The van der Waals surface area contributed by atoms with Gasteiger partial charge in [-0.2, -0.15) is 0 Å². The van der Waals surface area contributed by atoms with Crippen LogP contribution in [0.1, 0.15) is 48.6 Å². The highest BCUT2D eigenvalue weighted by Crippen LogP contribution is 2.42. The number of sulfone groups is 1. The Balaban J connectivity index is 1.83. The van der Waals surface area contributed by atoms with E-state index in [9.17, 15) is 13.2 Å². The Kier molecular flexibility index (Phi) is 3.83. The van der Waals surface area contributed by atoms with Gasteiger partial charge >= 0.3 is 0 Å². The Hall–Kier alpha value is -0.590. The molecular formula is C14H18ClNO3S2. The molecule has 2 aliphatic rings. The van der Waals surface area contributed by atoms with Crippen molar-refractivity contribution in [3.8, 4) is 0 Å². The highest BCUT2D eigenvalue weighted by molar-refractivity contribution is 7.93. The Morgan fingerprint density at radius 1 is 1.43 bits per heavy atom. The van der Waals surface area contributed by atoms with Crippen LogP contribution in [-0.4, -0.2) is 25.3 Å². The summed E-state index contributed by atoms with van der Waals surface area (Å²) in [7, 11) is -3.39. The van der Waals surface area contributed by atoms with Gasteiger partial charge in [-0.15, -0.1) is 11.3 Å². The molecule has 1 amide bonds. The summed E-state index contributed by atoms with van der Waals surface area (Å²) in [5.74, 6) is -0.337. The largest absolute Gasteiger partial charge is 0.348 e. The van der Waals surface area contributed by atoms with Gasteiger partial charge in [0, 0.05) is 11.1 Å². The normalized spacial score (nSPS) is 24.0. The third-order valence-corrected chi connectivity index (χ3v) is 8.03. The molecule has 4 nitrogen and oxygen atoms in total. The van der Waals surface area contributed by atoms with E-state index in [-0.39, 0.29) is 11.9 Å². The van der Waals surface area contributed by atoms with Gasteiger partial charge in [0.05, 0.1) is 10.4 Å². The van der Waals surface area contributed by atoms with Crippen LogP contribution in [0.3, 0.4) is 0 Å². The maximum absolute atomic E-state index is 12.6. The molecule has 0 spiro atoms. The molecule has 1 unspecified atom stereocenters. The summed E-state index contributed by atoms with van der Waals surface area (Å²) in [6, 6.07) is 1.80. The topological polar surface area (TPSA) is 63.2 Å². The van der Waals surface area contributed by atoms with E-state index in [4.69, 9.17) is 11.6 Å². The van der Waals surface area contributed by atoms with Gasteiger partial charge in [-0.25, -0.2) is 8.42 Å². The van der Waals surface area contributed by atoms with E-state index in [1.165, 1.54) is 11.1 Å². The number of carbonyl (C=O) groups is 1. The quantitative estimate of drug-likeness (QED) is 0.914. The van der Waals surface area contributed by atoms with E-state index in [1.807, 2.05) is 6.07 Å². The minimum absolute atomic E-state index is 0.107. The molecule has 1 aromatic heterocycles. The summed E-state index contributed by atoms with van der Waals surface area (Å²) in [5.41, 5.74) is 1.06. The maximum Gasteiger partial charge on any atom is 0.241 e. The van der Waals surface area contributed by atoms with Gasteiger partial charge in [0.1, 0.15) is 4.75 Å². The molecule has 0 radical (unpaired) electrons. The second kappa shape index (κ2) is 5.25. The van der Waals surface area contributed by atoms with Gasteiger partial charge in [-0.3, -0.25) is 4.79 Å². The van der Waals surface area contributed by atoms with Crippen LogP contribution in [0.4, 0.5) is 0 Å². The molecule has 0 aliphatic heterocycles. The first-order chi connectivity index (χ1) is 9.83. The Morgan fingerprint density at radius 2 is 2.14 bits per heavy atom. The first-order valence-electron chi connectivity index (χ1n) is 7.12. The van der Waals surface area contributed by atoms with Crippen LogP contribution < -0.4 is 5.32 Å². The zero-order valence-corrected chi connectivity index (χ0v) is 14.2. The molecule has 0 bridgehead atoms. The average molecular weight is 348 g/mol. The summed E-state index contributed by atoms with van der Waals surface area (Å²) >= 11 is 7.61. The average Bonchev–Trinajstić information content (AvgIpc) is 2.66. The molecule has 7 heteroatoms. The zero-order valence-electron chi connectivity index (χ0n) is 11.8. The minimum Gasteiger partial charge on any atom is -0.348 e. The van der Waals surface area contributed by atoms with Crippen molar-refractivity contribution in [2.45, 2.75) is 49.3 Å². The smallest absolute Gasteiger partial charge is 0.241 e. The van der Waals surface area contributed by atoms with E-state index < -0.39 is 14.6 Å². The van der Waals surface area contributed by atoms with Gasteiger partial charge in [0.2, 0.25) is 5.91 Å². The SMILES string of the molecule is CS(=O)(=O)C1(C(=O)NC2CCCc3sc(Cl)cc32)CCC1. The zero-order chi connectivity index (χ0) is 15.3. The van der Waals surface area contributed by atoms with Crippen molar-refractivity contribution >= 4 is 38.7 Å². The van der Waals surface area contributed by atoms with E-state index in [0.717, 1.165) is 35.6 Å². The number of hydrogen-bond acceptors (Lipinski definition) is 4. The van der Waals surface area contributed by atoms with E-state index in [2.05, 4.69) is 5.32 Å². The highest BCUT2D eigenvalue weighted by atomic mass is 35.5. The lowest BCUT2D eigenvalue weighted by Crippen LogP contribution is -2.57. The monoisotopic (exact) mass is 347 g/mol. The van der Waals surface area contributed by atoms with Crippen molar-refractivity contribution in [2.24, 2.45) is 0 Å². The lowest BCUT2D eigenvalue weighted by atomic mass is 9.82. The molecule has 0 aromatic carbocycles. The Labute approximate surface area is 133 Å². The molecule has 116 valence electrons. The standard InChI is InChI=1S/C14H18ClNO3S2/c1-21(18,19)14(6-3-7-14)13(17)16-10-4-2-5-11-9(10)8-12(15)20-11/h8,10H,2-7H2,1H3,(H,16,17). The predicted octanol–water partition coefficient (Wildman–Crippen LogP) is 2.86. The van der Waals surface area contributed by atoms with E-state index >= 15 is 0 Å². The van der Waals surface area contributed by atoms with Gasteiger partial charge < -0.3 is 5.32 Å². The van der Waals surface area contributed by atoms with Gasteiger partial charge in [0.15, 0.2) is 9.84 Å². The maximum atomic E-state index is 12.6. The van der Waals surface area contributed by atoms with Crippen LogP contribution >= 0.6 is 22.9 Å². The minimum atomic E-state index is -3.39. The number of thiophene rings is 1. The fourth-order valence-corrected chi connectivity index (χ4v) is 6.03. The number of aryl methyl sites for hydroxylation is 1. The van der Waals surface area contributed by atoms with Crippen LogP contribution in [0.15, 0.2) is 6.07 Å². The van der Waals surface area contributed by atoms with Gasteiger partial charge in [-0.05, 0) is 50.2 Å². The Morgan fingerprint density at radius 3 is 2.71 bits per heavy atom. The molecule has 1 heterocycles. The molecule has 3 rings (SSSR count). The lowest BCUT2D eigenvalue weighted by molar-refractivity contribution is -0.126. The summed E-state index contributed by atoms with van der Waals surface area (Å²) in [4.78, 5) is 13.8. The molecular weight excluding hydrogens is 330 g/mol. The van der Waals surface area contributed by atoms with Crippen LogP contribution in [0.25, 0.3) is 0 Å². The van der Waals surface area contributed by atoms with Crippen LogP contribution in [0, 0.1) is 0 Å². The first-order valence-corrected chi connectivity index (χ1v) is 10.2. The third kappa shape index (κ3) is 2.51. The fourth-order valence-electron chi connectivity index (χ4n) is 3.23. The molecule has 21 heavy (non-hydrogen) atoms. The van der Waals surface area contributed by atoms with Crippen molar-refractivity contribution in [3.05, 3.63) is 20.8 Å². The van der Waals surface area contributed by atoms with E-state index in [1.54, 1.807) is 11.3 Å². The lowest BCUT2D eigenvalue weighted by Gasteiger charge is -2.39. The molecule has 1 saturated carbocycles. The molecule has 0 saturated heterocycles. The number of amides is 1. The van der Waals surface area contributed by atoms with Crippen molar-refractivity contribution in [3.63, 3.8) is 0 Å². The number of hydrogen-bond donors (Lipinski definition) is 1. The molecule has 1 fully saturated rings. The van der Waals surface area contributed by atoms with Crippen LogP contribution in [0.2, 0.25) is 4.34 Å². The second-order valence-electron chi connectivity index (χ2n) is 5.97. The van der Waals surface area contributed by atoms with E-state index in [0.29, 0.717) is 12.8 Å². The number of halogens is 1. The first kappa shape index (κ1) is 15.3. The van der Waals surface area contributed by atoms with Crippen molar-refractivity contribution < 1.29 is 13.2 Å². The number of rotatable bonds is 3. The number of fused-ring (bicyclic) bond motifs is 1. The van der Waals surface area contributed by atoms with Crippen molar-refractivity contribution in [1.29, 1.82) is 0 Å². The van der Waals surface area contributed by atoms with Crippen LogP contribution in [-0.2, 0) is 21.1 Å². The van der Waals surface area contributed by atoms with Crippen molar-refractivity contribution in [1.82, 2.24) is 5.32 Å². The summed E-state index contributed by atoms with van der Waals surface area (Å²) in [6.45, 7) is 0. The van der Waals surface area contributed by atoms with Crippen molar-refractivity contribution in [2.75, 3.05) is 6.26 Å². The second-order valence-corrected chi connectivity index (χ2v) is 10.1. The third-order valence-electron chi connectivity index (χ3n) is 4.67. The van der Waals surface area contributed by atoms with Crippen LogP contribution in [0.5, 0.6) is 0 Å². The van der Waals surface area contributed by atoms with Gasteiger partial charge in [0.25, 0.3) is 0 Å². The predicted molar refractivity (Wildman–Crippen MR) is 84.6 cm³/mol. The molecule has 1 aromatic rings. The highest BCUT2D eigenvalue weighted by Gasteiger charge is 2.53. The number of carbonyl (C=O) groups excluding carboxylic acids is 1. The molecule has 2 aliphatic carbocycles. The molecule has 1 atom stereocenters. The summed E-state index contributed by atoms with van der Waals surface area (Å²) in [6.07, 6.45) is 5.63. The van der Waals surface area contributed by atoms with Gasteiger partial charge in [-0.1, -0.05) is 11.6 Å². The Bertz CT molecular complexity index is 676. The number of nitrogens with one attached hydrogen (secondary N) is 1. The summed E-state index contributed by atoms with van der Waals surface area (Å²) < 4.78 is 23.5. The molecule has 1 N–H and O–H groups in total. The summed E-state index contributed by atoms with van der Waals surface area (Å²) in [5, 5.41) is 2.97.